The summed E-state index contributed by atoms with van der Waals surface area (Å²) in [5, 5.41) is 4.44. The number of hydrogen-bond donors (Lipinski definition) is 2. The molecule has 0 spiro atoms. The first-order valence-corrected chi connectivity index (χ1v) is 9.03. The molecule has 3 N–H and O–H groups in total. The minimum absolute atomic E-state index is 0.326. The molecule has 1 aromatic heterocycles. The summed E-state index contributed by atoms with van der Waals surface area (Å²) in [4.78, 5) is 0. The van der Waals surface area contributed by atoms with E-state index in [1.165, 1.54) is 50.6 Å². The fraction of sp³-hybridized carbons (Fsp3) is 0.812. The smallest absolute Gasteiger partial charge is 0.0738 e. The van der Waals surface area contributed by atoms with Crippen LogP contribution in [0.5, 0.6) is 0 Å². The molecule has 0 aliphatic heterocycles. The molecular formula is C16H31BrN4. The molecule has 0 fully saturated rings. The van der Waals surface area contributed by atoms with Crippen molar-refractivity contribution >= 4 is 15.9 Å². The van der Waals surface area contributed by atoms with Crippen molar-refractivity contribution in [2.75, 3.05) is 0 Å². The van der Waals surface area contributed by atoms with Crippen LogP contribution in [0.2, 0.25) is 0 Å². The van der Waals surface area contributed by atoms with E-state index in [1.54, 1.807) is 0 Å². The highest BCUT2D eigenvalue weighted by Gasteiger charge is 2.15. The summed E-state index contributed by atoms with van der Waals surface area (Å²) in [6.45, 7) is 4.28. The van der Waals surface area contributed by atoms with Crippen molar-refractivity contribution in [1.82, 2.24) is 15.2 Å². The minimum atomic E-state index is 0.326. The topological polar surface area (TPSA) is 55.9 Å². The van der Waals surface area contributed by atoms with Gasteiger partial charge in [-0.1, -0.05) is 51.9 Å². The van der Waals surface area contributed by atoms with Crippen LogP contribution in [0.15, 0.2) is 4.47 Å². The molecule has 1 unspecified atom stereocenters. The van der Waals surface area contributed by atoms with Gasteiger partial charge in [0.05, 0.1) is 15.9 Å². The predicted molar refractivity (Wildman–Crippen MR) is 93.1 cm³/mol. The Balaban J connectivity index is 2.29. The highest BCUT2D eigenvalue weighted by atomic mass is 79.9. The van der Waals surface area contributed by atoms with Crippen LogP contribution in [0.4, 0.5) is 0 Å². The van der Waals surface area contributed by atoms with Gasteiger partial charge in [-0.2, -0.15) is 5.10 Å². The zero-order valence-corrected chi connectivity index (χ0v) is 15.4. The van der Waals surface area contributed by atoms with Gasteiger partial charge >= 0.3 is 0 Å². The molecule has 1 heterocycles. The van der Waals surface area contributed by atoms with Crippen LogP contribution in [0.1, 0.15) is 69.7 Å². The number of aromatic nitrogens is 2. The average molecular weight is 359 g/mol. The molecule has 0 saturated carbocycles. The van der Waals surface area contributed by atoms with Crippen molar-refractivity contribution < 1.29 is 0 Å². The SMILES string of the molecule is CCCCCCCCCC(Cc1c(Br)c(C)nn1C)NN. The van der Waals surface area contributed by atoms with Gasteiger partial charge in [0.15, 0.2) is 0 Å². The minimum Gasteiger partial charge on any atom is -0.271 e. The van der Waals surface area contributed by atoms with E-state index in [0.717, 1.165) is 23.0 Å². The van der Waals surface area contributed by atoms with E-state index in [9.17, 15) is 0 Å². The molecule has 0 aliphatic rings. The second-order valence-corrected chi connectivity index (χ2v) is 6.74. The molecule has 0 aliphatic carbocycles. The first-order chi connectivity index (χ1) is 10.1. The normalized spacial score (nSPS) is 12.8. The van der Waals surface area contributed by atoms with Gasteiger partial charge in [0.25, 0.3) is 0 Å². The Morgan fingerprint density at radius 3 is 2.33 bits per heavy atom. The summed E-state index contributed by atoms with van der Waals surface area (Å²) in [5.74, 6) is 5.71. The van der Waals surface area contributed by atoms with Gasteiger partial charge in [0, 0.05) is 19.5 Å². The van der Waals surface area contributed by atoms with Gasteiger partial charge in [-0.15, -0.1) is 0 Å². The van der Waals surface area contributed by atoms with Crippen LogP contribution in [0.25, 0.3) is 0 Å². The highest BCUT2D eigenvalue weighted by molar-refractivity contribution is 9.10. The lowest BCUT2D eigenvalue weighted by Gasteiger charge is -2.16. The number of hydrazine groups is 1. The second-order valence-electron chi connectivity index (χ2n) is 5.95. The zero-order chi connectivity index (χ0) is 15.7. The molecule has 0 aromatic carbocycles. The largest absolute Gasteiger partial charge is 0.271 e. The Bertz CT molecular complexity index is 403. The Labute approximate surface area is 138 Å². The van der Waals surface area contributed by atoms with Gasteiger partial charge in [-0.3, -0.25) is 16.0 Å². The van der Waals surface area contributed by atoms with E-state index in [2.05, 4.69) is 33.4 Å². The lowest BCUT2D eigenvalue weighted by molar-refractivity contribution is 0.449. The molecule has 0 radical (unpaired) electrons. The van der Waals surface area contributed by atoms with Crippen LogP contribution >= 0.6 is 15.9 Å². The van der Waals surface area contributed by atoms with Gasteiger partial charge < -0.3 is 0 Å². The number of rotatable bonds is 11. The van der Waals surface area contributed by atoms with Crippen molar-refractivity contribution in [1.29, 1.82) is 0 Å². The van der Waals surface area contributed by atoms with E-state index < -0.39 is 0 Å². The van der Waals surface area contributed by atoms with Gasteiger partial charge in [0.1, 0.15) is 0 Å². The third-order valence-corrected chi connectivity index (χ3v) is 5.12. The summed E-state index contributed by atoms with van der Waals surface area (Å²) in [7, 11) is 1.99. The summed E-state index contributed by atoms with van der Waals surface area (Å²) >= 11 is 3.62. The molecule has 21 heavy (non-hydrogen) atoms. The van der Waals surface area contributed by atoms with Crippen LogP contribution in [-0.2, 0) is 13.5 Å². The second kappa shape index (κ2) is 10.4. The number of nitrogens with two attached hydrogens (primary N) is 1. The Kier molecular flexibility index (Phi) is 9.20. The van der Waals surface area contributed by atoms with Gasteiger partial charge in [-0.25, -0.2) is 0 Å². The van der Waals surface area contributed by atoms with Crippen LogP contribution in [0, 0.1) is 6.92 Å². The maximum absolute atomic E-state index is 5.71. The van der Waals surface area contributed by atoms with Crippen molar-refractivity contribution in [2.45, 2.75) is 77.7 Å². The quantitative estimate of drug-likeness (QED) is 0.357. The molecule has 5 heteroatoms. The van der Waals surface area contributed by atoms with E-state index in [4.69, 9.17) is 5.84 Å². The predicted octanol–water partition coefficient (Wildman–Crippen LogP) is 4.01. The lowest BCUT2D eigenvalue weighted by atomic mass is 10.0. The fourth-order valence-corrected chi connectivity index (χ4v) is 3.23. The molecule has 122 valence electrons. The molecule has 1 aromatic rings. The Hall–Kier alpha value is -0.390. The van der Waals surface area contributed by atoms with Crippen LogP contribution in [-0.4, -0.2) is 15.8 Å². The fourth-order valence-electron chi connectivity index (χ4n) is 2.73. The number of hydrogen-bond acceptors (Lipinski definition) is 3. The van der Waals surface area contributed by atoms with E-state index in [0.29, 0.717) is 6.04 Å². The highest BCUT2D eigenvalue weighted by Crippen LogP contribution is 2.22. The Morgan fingerprint density at radius 1 is 1.19 bits per heavy atom. The first-order valence-electron chi connectivity index (χ1n) is 8.24. The number of halogens is 1. The number of unbranched alkanes of at least 4 members (excludes halogenated alkanes) is 6. The monoisotopic (exact) mass is 358 g/mol. The van der Waals surface area contributed by atoms with E-state index in [-0.39, 0.29) is 0 Å². The number of nitrogens with one attached hydrogen (secondary N) is 1. The third-order valence-electron chi connectivity index (χ3n) is 4.09. The standard InChI is InChI=1S/C16H31BrN4/c1-4-5-6-7-8-9-10-11-14(19-18)12-15-16(17)13(2)20-21(15)3/h14,19H,4-12,18H2,1-3H3. The van der Waals surface area contributed by atoms with Crippen molar-refractivity contribution in [3.63, 3.8) is 0 Å². The summed E-state index contributed by atoms with van der Waals surface area (Å²) in [6.07, 6.45) is 11.4. The maximum Gasteiger partial charge on any atom is 0.0738 e. The molecule has 0 saturated heterocycles. The molecule has 0 amide bonds. The molecule has 1 atom stereocenters. The zero-order valence-electron chi connectivity index (χ0n) is 13.8. The Morgan fingerprint density at radius 2 is 1.81 bits per heavy atom. The summed E-state index contributed by atoms with van der Waals surface area (Å²) in [6, 6.07) is 0.326. The molecule has 1 rings (SSSR count). The van der Waals surface area contributed by atoms with E-state index >= 15 is 0 Å². The van der Waals surface area contributed by atoms with Crippen molar-refractivity contribution in [3.05, 3.63) is 15.9 Å². The van der Waals surface area contributed by atoms with Gasteiger partial charge in [-0.05, 0) is 29.3 Å². The molecule has 4 nitrogen and oxygen atoms in total. The molecule has 0 bridgehead atoms. The first kappa shape index (κ1) is 18.7. The number of nitrogens with zero attached hydrogens (tertiary/aromatic N) is 2. The summed E-state index contributed by atoms with van der Waals surface area (Å²) < 4.78 is 3.07. The third kappa shape index (κ3) is 6.49. The van der Waals surface area contributed by atoms with Crippen LogP contribution < -0.4 is 11.3 Å². The summed E-state index contributed by atoms with van der Waals surface area (Å²) in [5.41, 5.74) is 5.23. The van der Waals surface area contributed by atoms with Gasteiger partial charge in [0.2, 0.25) is 0 Å². The number of aryl methyl sites for hydroxylation is 2. The average Bonchev–Trinajstić information content (AvgIpc) is 2.71. The van der Waals surface area contributed by atoms with E-state index in [1.807, 2.05) is 18.7 Å². The van der Waals surface area contributed by atoms with Crippen molar-refractivity contribution in [3.8, 4) is 0 Å². The van der Waals surface area contributed by atoms with Crippen LogP contribution in [0.3, 0.4) is 0 Å². The molecular weight excluding hydrogens is 328 g/mol. The maximum atomic E-state index is 5.71. The lowest BCUT2D eigenvalue weighted by Crippen LogP contribution is -2.37. The van der Waals surface area contributed by atoms with Crippen molar-refractivity contribution in [2.24, 2.45) is 12.9 Å².